The molecular weight excluding hydrogens is 470 g/mol. The van der Waals surface area contributed by atoms with Crippen LogP contribution in [-0.2, 0) is 11.3 Å². The van der Waals surface area contributed by atoms with E-state index < -0.39 is 11.7 Å². The molecular formula is C26H24ClN3O5. The largest absolute Gasteiger partial charge is 0.493 e. The monoisotopic (exact) mass is 493 g/mol. The standard InChI is InChI=1S/C26H24ClN3O5/c1-15-24(25(31)26(32)29-18-9-10-28-23(11-18)35-4)19-12-21(33-2)22(34-3)13-20(19)30(15)14-16-5-7-17(27)8-6-16/h5-13H,14H2,1-4H3,(H,28,29,32). The Labute approximate surface area is 207 Å². The Bertz CT molecular complexity index is 1410. The van der Waals surface area contributed by atoms with Crippen molar-refractivity contribution in [3.63, 3.8) is 0 Å². The van der Waals surface area contributed by atoms with Gasteiger partial charge < -0.3 is 24.1 Å². The van der Waals surface area contributed by atoms with E-state index in [1.807, 2.05) is 35.8 Å². The molecule has 0 spiro atoms. The topological polar surface area (TPSA) is 91.7 Å². The van der Waals surface area contributed by atoms with E-state index >= 15 is 0 Å². The summed E-state index contributed by atoms with van der Waals surface area (Å²) in [7, 11) is 4.54. The summed E-state index contributed by atoms with van der Waals surface area (Å²) in [5.41, 5.74) is 3.04. The highest BCUT2D eigenvalue weighted by Gasteiger charge is 2.27. The second-order valence-electron chi connectivity index (χ2n) is 7.77. The normalized spacial score (nSPS) is 10.8. The number of methoxy groups -OCH3 is 3. The number of ketones is 1. The lowest BCUT2D eigenvalue weighted by Crippen LogP contribution is -2.23. The molecule has 0 fully saturated rings. The number of pyridine rings is 1. The molecule has 35 heavy (non-hydrogen) atoms. The second-order valence-corrected chi connectivity index (χ2v) is 8.20. The molecule has 0 unspecified atom stereocenters. The van der Waals surface area contributed by atoms with Crippen LogP contribution in [0.3, 0.4) is 0 Å². The van der Waals surface area contributed by atoms with Crippen LogP contribution < -0.4 is 19.5 Å². The number of aromatic nitrogens is 2. The van der Waals surface area contributed by atoms with Gasteiger partial charge in [0.15, 0.2) is 11.5 Å². The summed E-state index contributed by atoms with van der Waals surface area (Å²) < 4.78 is 18.0. The smallest absolute Gasteiger partial charge is 0.296 e. The summed E-state index contributed by atoms with van der Waals surface area (Å²) >= 11 is 6.04. The molecule has 9 heteroatoms. The van der Waals surface area contributed by atoms with Crippen LogP contribution in [0.25, 0.3) is 10.9 Å². The van der Waals surface area contributed by atoms with E-state index in [0.29, 0.717) is 45.7 Å². The first-order valence-electron chi connectivity index (χ1n) is 10.7. The second kappa shape index (κ2) is 10.1. The summed E-state index contributed by atoms with van der Waals surface area (Å²) in [4.78, 5) is 30.4. The highest BCUT2D eigenvalue weighted by molar-refractivity contribution is 6.48. The van der Waals surface area contributed by atoms with Gasteiger partial charge in [-0.2, -0.15) is 0 Å². The number of nitrogens with zero attached hydrogens (tertiary/aromatic N) is 2. The molecule has 1 amide bonds. The predicted molar refractivity (Wildman–Crippen MR) is 134 cm³/mol. The summed E-state index contributed by atoms with van der Waals surface area (Å²) in [6.07, 6.45) is 1.49. The van der Waals surface area contributed by atoms with Crippen molar-refractivity contribution in [1.29, 1.82) is 0 Å². The minimum Gasteiger partial charge on any atom is -0.493 e. The number of amides is 1. The predicted octanol–water partition coefficient (Wildman–Crippen LogP) is 4.89. The zero-order chi connectivity index (χ0) is 25.1. The molecule has 2 aromatic heterocycles. The molecule has 0 atom stereocenters. The van der Waals surface area contributed by atoms with Gasteiger partial charge >= 0.3 is 0 Å². The number of anilines is 1. The molecule has 8 nitrogen and oxygen atoms in total. The third-order valence-corrected chi connectivity index (χ3v) is 5.97. The number of ether oxygens (including phenoxy) is 3. The van der Waals surface area contributed by atoms with Crippen molar-refractivity contribution in [2.24, 2.45) is 0 Å². The number of rotatable bonds is 8. The minimum absolute atomic E-state index is 0.286. The number of halogens is 1. The molecule has 2 heterocycles. The fourth-order valence-electron chi connectivity index (χ4n) is 3.97. The van der Waals surface area contributed by atoms with Crippen LogP contribution in [-0.4, -0.2) is 42.6 Å². The van der Waals surface area contributed by atoms with Crippen molar-refractivity contribution >= 4 is 39.9 Å². The lowest BCUT2D eigenvalue weighted by atomic mass is 10.1. The van der Waals surface area contributed by atoms with Crippen LogP contribution >= 0.6 is 11.6 Å². The number of fused-ring (bicyclic) bond motifs is 1. The maximum absolute atomic E-state index is 13.4. The third kappa shape index (κ3) is 4.79. The Morgan fingerprint density at radius 2 is 1.66 bits per heavy atom. The first kappa shape index (κ1) is 24.1. The number of nitrogens with one attached hydrogen (secondary N) is 1. The Morgan fingerprint density at radius 1 is 0.971 bits per heavy atom. The average Bonchev–Trinajstić information content (AvgIpc) is 3.13. The summed E-state index contributed by atoms with van der Waals surface area (Å²) in [6, 6.07) is 14.1. The molecule has 180 valence electrons. The van der Waals surface area contributed by atoms with E-state index in [4.69, 9.17) is 25.8 Å². The molecule has 0 radical (unpaired) electrons. The van der Waals surface area contributed by atoms with E-state index in [1.54, 1.807) is 25.3 Å². The molecule has 0 saturated heterocycles. The zero-order valence-corrected chi connectivity index (χ0v) is 20.5. The average molecular weight is 494 g/mol. The van der Waals surface area contributed by atoms with E-state index in [0.717, 1.165) is 11.1 Å². The van der Waals surface area contributed by atoms with Gasteiger partial charge in [0, 0.05) is 46.7 Å². The van der Waals surface area contributed by atoms with Crippen LogP contribution in [0.2, 0.25) is 5.02 Å². The first-order valence-corrected chi connectivity index (χ1v) is 11.1. The lowest BCUT2D eigenvalue weighted by Gasteiger charge is -2.11. The van der Waals surface area contributed by atoms with Crippen LogP contribution in [0, 0.1) is 6.92 Å². The first-order chi connectivity index (χ1) is 16.9. The van der Waals surface area contributed by atoms with Crippen molar-refractivity contribution in [2.45, 2.75) is 13.5 Å². The van der Waals surface area contributed by atoms with E-state index in [-0.39, 0.29) is 5.56 Å². The Balaban J connectivity index is 1.80. The van der Waals surface area contributed by atoms with Crippen molar-refractivity contribution < 1.29 is 23.8 Å². The SMILES string of the molecule is COc1cc(NC(=O)C(=O)c2c(C)n(Cc3ccc(Cl)cc3)c3cc(OC)c(OC)cc23)ccn1. The minimum atomic E-state index is -0.776. The number of hydrogen-bond acceptors (Lipinski definition) is 6. The molecule has 0 aliphatic rings. The highest BCUT2D eigenvalue weighted by atomic mass is 35.5. The van der Waals surface area contributed by atoms with Crippen LogP contribution in [0.1, 0.15) is 21.6 Å². The van der Waals surface area contributed by atoms with E-state index in [1.165, 1.54) is 26.5 Å². The number of carbonyl (C=O) groups excluding carboxylic acids is 2. The van der Waals surface area contributed by atoms with Crippen molar-refractivity contribution in [3.8, 4) is 17.4 Å². The van der Waals surface area contributed by atoms with E-state index in [9.17, 15) is 9.59 Å². The molecule has 2 aromatic carbocycles. The van der Waals surface area contributed by atoms with Gasteiger partial charge in [0.2, 0.25) is 5.88 Å². The quantitative estimate of drug-likeness (QED) is 0.277. The molecule has 0 bridgehead atoms. The van der Waals surface area contributed by atoms with Gasteiger partial charge in [-0.25, -0.2) is 4.98 Å². The highest BCUT2D eigenvalue weighted by Crippen LogP contribution is 2.37. The van der Waals surface area contributed by atoms with Gasteiger partial charge in [-0.3, -0.25) is 9.59 Å². The maximum Gasteiger partial charge on any atom is 0.296 e. The van der Waals surface area contributed by atoms with Gasteiger partial charge in [0.1, 0.15) is 0 Å². The summed E-state index contributed by atoms with van der Waals surface area (Å²) in [6.45, 7) is 2.27. The molecule has 1 N–H and O–H groups in total. The van der Waals surface area contributed by atoms with Crippen molar-refractivity contribution in [1.82, 2.24) is 9.55 Å². The zero-order valence-electron chi connectivity index (χ0n) is 19.7. The van der Waals surface area contributed by atoms with Gasteiger partial charge in [0.25, 0.3) is 11.7 Å². The fraction of sp³-hybridized carbons (Fsp3) is 0.192. The number of benzene rings is 2. The van der Waals surface area contributed by atoms with Gasteiger partial charge in [-0.1, -0.05) is 23.7 Å². The third-order valence-electron chi connectivity index (χ3n) is 5.72. The summed E-state index contributed by atoms with van der Waals surface area (Å²) in [5, 5.41) is 3.85. The van der Waals surface area contributed by atoms with Crippen molar-refractivity contribution in [3.05, 3.63) is 76.6 Å². The van der Waals surface area contributed by atoms with Gasteiger partial charge in [-0.15, -0.1) is 0 Å². The molecule has 0 aliphatic carbocycles. The summed E-state index contributed by atoms with van der Waals surface area (Å²) in [5.74, 6) is -0.158. The number of hydrogen-bond donors (Lipinski definition) is 1. The number of carbonyl (C=O) groups is 2. The van der Waals surface area contributed by atoms with Crippen LogP contribution in [0.5, 0.6) is 17.4 Å². The molecule has 0 saturated carbocycles. The fourth-order valence-corrected chi connectivity index (χ4v) is 4.09. The Kier molecular flexibility index (Phi) is 6.93. The Morgan fingerprint density at radius 3 is 2.31 bits per heavy atom. The van der Waals surface area contributed by atoms with Gasteiger partial charge in [-0.05, 0) is 36.8 Å². The molecule has 0 aliphatic heterocycles. The van der Waals surface area contributed by atoms with Crippen LogP contribution in [0.4, 0.5) is 5.69 Å². The maximum atomic E-state index is 13.4. The molecule has 4 rings (SSSR count). The van der Waals surface area contributed by atoms with E-state index in [2.05, 4.69) is 10.3 Å². The Hall–Kier alpha value is -4.04. The van der Waals surface area contributed by atoms with Crippen molar-refractivity contribution in [2.75, 3.05) is 26.6 Å². The molecule has 4 aromatic rings. The van der Waals surface area contributed by atoms with Crippen LogP contribution in [0.15, 0.2) is 54.7 Å². The number of Topliss-reactive ketones (excluding diaryl/α,β-unsaturated/α-hetero) is 1. The lowest BCUT2D eigenvalue weighted by molar-refractivity contribution is -0.112. The van der Waals surface area contributed by atoms with Gasteiger partial charge in [0.05, 0.1) is 32.4 Å².